The largest absolute Gasteiger partial charge is 0.469 e. The molecule has 29 heavy (non-hydrogen) atoms. The van der Waals surface area contributed by atoms with Gasteiger partial charge in [0.1, 0.15) is 11.7 Å². The van der Waals surface area contributed by atoms with Crippen molar-refractivity contribution < 1.29 is 23.7 Å². The second-order valence-electron chi connectivity index (χ2n) is 6.23. The van der Waals surface area contributed by atoms with Crippen LogP contribution in [0.15, 0.2) is 47.1 Å². The third-order valence-corrected chi connectivity index (χ3v) is 4.38. The number of nitrogens with zero attached hydrogens (tertiary/aromatic N) is 2. The average molecular weight is 397 g/mol. The number of carbonyl (C=O) groups is 2. The molecule has 1 heterocycles. The molecule has 1 aromatic carbocycles. The number of ether oxygens (including phenoxy) is 1. The van der Waals surface area contributed by atoms with Gasteiger partial charge in [-0.25, -0.2) is 0 Å². The second kappa shape index (κ2) is 9.41. The van der Waals surface area contributed by atoms with Gasteiger partial charge in [0.15, 0.2) is 5.78 Å². The summed E-state index contributed by atoms with van der Waals surface area (Å²) in [5.74, 6) is -5.02. The Labute approximate surface area is 166 Å². The van der Waals surface area contributed by atoms with E-state index < -0.39 is 34.4 Å². The first-order chi connectivity index (χ1) is 13.8. The van der Waals surface area contributed by atoms with Crippen molar-refractivity contribution in [2.75, 3.05) is 6.61 Å². The van der Waals surface area contributed by atoms with Gasteiger partial charge in [-0.15, -0.1) is 0 Å². The van der Waals surface area contributed by atoms with Crippen molar-refractivity contribution in [3.05, 3.63) is 64.1 Å². The Morgan fingerprint density at radius 3 is 2.41 bits per heavy atom. The molecule has 9 heteroatoms. The van der Waals surface area contributed by atoms with E-state index in [1.807, 2.05) is 6.07 Å². The maximum absolute atomic E-state index is 13.2. The Morgan fingerprint density at radius 2 is 1.97 bits per heavy atom. The number of carbonyl (C=O) groups excluding carboxylic acids is 2. The van der Waals surface area contributed by atoms with Gasteiger partial charge in [0.2, 0.25) is 0 Å². The van der Waals surface area contributed by atoms with Crippen LogP contribution in [-0.4, -0.2) is 29.0 Å². The molecule has 150 valence electrons. The number of nitrogens with one attached hydrogen (secondary N) is 1. The van der Waals surface area contributed by atoms with E-state index in [1.165, 1.54) is 31.4 Å². The van der Waals surface area contributed by atoms with Crippen molar-refractivity contribution in [3.63, 3.8) is 0 Å². The molecule has 0 fully saturated rings. The van der Waals surface area contributed by atoms with Crippen LogP contribution in [0.3, 0.4) is 0 Å². The molecule has 0 saturated carbocycles. The Bertz CT molecular complexity index is 944. The monoisotopic (exact) mass is 397 g/mol. The average Bonchev–Trinajstić information content (AvgIpc) is 3.22. The number of furan rings is 1. The lowest BCUT2D eigenvalue weighted by Gasteiger charge is -2.26. The summed E-state index contributed by atoms with van der Waals surface area (Å²) in [5.41, 5.74) is -0.203. The molecule has 2 aromatic rings. The maximum atomic E-state index is 13.2. The maximum Gasteiger partial charge on any atom is 0.317 e. The molecule has 0 bridgehead atoms. The lowest BCUT2D eigenvalue weighted by molar-refractivity contribution is -0.384. The quantitative estimate of drug-likeness (QED) is 0.170. The summed E-state index contributed by atoms with van der Waals surface area (Å²) in [5, 5.41) is 28.4. The number of benzene rings is 1. The van der Waals surface area contributed by atoms with Crippen molar-refractivity contribution in [2.45, 2.75) is 19.8 Å². The highest BCUT2D eigenvalue weighted by Gasteiger charge is 2.44. The zero-order valence-corrected chi connectivity index (χ0v) is 15.8. The molecular weight excluding hydrogens is 378 g/mol. The number of nitriles is 1. The van der Waals surface area contributed by atoms with E-state index in [0.29, 0.717) is 0 Å². The van der Waals surface area contributed by atoms with Gasteiger partial charge in [-0.05, 0) is 38.1 Å². The second-order valence-corrected chi connectivity index (χ2v) is 6.23. The fourth-order valence-corrected chi connectivity index (χ4v) is 3.02. The summed E-state index contributed by atoms with van der Waals surface area (Å²) < 4.78 is 10.4. The Morgan fingerprint density at radius 1 is 1.31 bits per heavy atom. The number of ketones is 1. The molecule has 0 saturated heterocycles. The van der Waals surface area contributed by atoms with Crippen LogP contribution in [0.5, 0.6) is 0 Å². The summed E-state index contributed by atoms with van der Waals surface area (Å²) in [6.45, 7) is 2.99. The molecule has 0 unspecified atom stereocenters. The topological polar surface area (TPSA) is 147 Å². The van der Waals surface area contributed by atoms with Gasteiger partial charge in [-0.1, -0.05) is 0 Å². The predicted molar refractivity (Wildman–Crippen MR) is 102 cm³/mol. The van der Waals surface area contributed by atoms with E-state index in [9.17, 15) is 25.0 Å². The Kier molecular flexibility index (Phi) is 6.98. The third kappa shape index (κ3) is 4.73. The van der Waals surface area contributed by atoms with E-state index >= 15 is 0 Å². The highest BCUT2D eigenvalue weighted by molar-refractivity contribution is 6.10. The summed E-state index contributed by atoms with van der Waals surface area (Å²) in [6, 6.07) is 9.82. The highest BCUT2D eigenvalue weighted by Crippen LogP contribution is 2.36. The van der Waals surface area contributed by atoms with Crippen molar-refractivity contribution >= 4 is 23.2 Å². The predicted octanol–water partition coefficient (Wildman–Crippen LogP) is 3.51. The van der Waals surface area contributed by atoms with Crippen LogP contribution in [0.1, 0.15) is 35.9 Å². The highest BCUT2D eigenvalue weighted by atomic mass is 16.6. The minimum atomic E-state index is -1.47. The number of esters is 1. The molecule has 0 aliphatic heterocycles. The van der Waals surface area contributed by atoms with Gasteiger partial charge in [0.05, 0.1) is 35.7 Å². The summed E-state index contributed by atoms with van der Waals surface area (Å²) >= 11 is 0. The fourth-order valence-electron chi connectivity index (χ4n) is 3.02. The van der Waals surface area contributed by atoms with Gasteiger partial charge < -0.3 is 14.6 Å². The molecule has 0 aliphatic carbocycles. The summed E-state index contributed by atoms with van der Waals surface area (Å²) in [6.07, 6.45) is 1.34. The van der Waals surface area contributed by atoms with Crippen LogP contribution in [0.4, 0.5) is 5.69 Å². The van der Waals surface area contributed by atoms with E-state index in [0.717, 1.165) is 12.1 Å². The minimum absolute atomic E-state index is 0.00847. The summed E-state index contributed by atoms with van der Waals surface area (Å²) in [7, 11) is 0. The molecule has 0 amide bonds. The lowest BCUT2D eigenvalue weighted by Crippen LogP contribution is -2.37. The SMILES string of the molecule is CCOC(=O)[C@H](C(=O)c1ccc([N+](=O)[O-])cc1)[C@@H](c1ccco1)[C@H](C#N)C(C)=N. The van der Waals surface area contributed by atoms with Gasteiger partial charge >= 0.3 is 5.97 Å². The van der Waals surface area contributed by atoms with Crippen molar-refractivity contribution in [1.82, 2.24) is 0 Å². The number of rotatable bonds is 9. The molecule has 0 aliphatic rings. The van der Waals surface area contributed by atoms with Gasteiger partial charge in [0.25, 0.3) is 5.69 Å². The zero-order valence-electron chi connectivity index (χ0n) is 15.8. The zero-order chi connectivity index (χ0) is 21.6. The van der Waals surface area contributed by atoms with Gasteiger partial charge in [-0.2, -0.15) is 5.26 Å². The molecule has 1 aromatic heterocycles. The van der Waals surface area contributed by atoms with Crippen molar-refractivity contribution in [3.8, 4) is 6.07 Å². The van der Waals surface area contributed by atoms with Crippen molar-refractivity contribution in [1.29, 1.82) is 10.7 Å². The smallest absolute Gasteiger partial charge is 0.317 e. The lowest BCUT2D eigenvalue weighted by atomic mass is 9.75. The summed E-state index contributed by atoms with van der Waals surface area (Å²) in [4.78, 5) is 36.2. The number of Topliss-reactive ketones (excluding diaryl/α,β-unsaturated/α-hetero) is 1. The molecule has 9 nitrogen and oxygen atoms in total. The van der Waals surface area contributed by atoms with Crippen LogP contribution in [-0.2, 0) is 9.53 Å². The first kappa shape index (κ1) is 21.5. The molecule has 3 atom stereocenters. The Hall–Kier alpha value is -3.80. The van der Waals surface area contributed by atoms with Gasteiger partial charge in [0, 0.05) is 23.4 Å². The van der Waals surface area contributed by atoms with Crippen LogP contribution in [0.2, 0.25) is 0 Å². The normalized spacial score (nSPS) is 13.6. The number of hydrogen-bond acceptors (Lipinski definition) is 8. The minimum Gasteiger partial charge on any atom is -0.469 e. The van der Waals surface area contributed by atoms with Crippen LogP contribution in [0, 0.1) is 38.7 Å². The number of nitro benzene ring substituents is 1. The molecule has 0 spiro atoms. The fraction of sp³-hybridized carbons (Fsp3) is 0.300. The Balaban J connectivity index is 2.58. The molecular formula is C20H19N3O6. The third-order valence-electron chi connectivity index (χ3n) is 4.38. The molecule has 0 radical (unpaired) electrons. The number of hydrogen-bond donors (Lipinski definition) is 1. The van der Waals surface area contributed by atoms with Crippen LogP contribution < -0.4 is 0 Å². The van der Waals surface area contributed by atoms with E-state index in [-0.39, 0.29) is 29.3 Å². The number of nitro groups is 1. The van der Waals surface area contributed by atoms with E-state index in [1.54, 1.807) is 13.0 Å². The van der Waals surface area contributed by atoms with E-state index in [2.05, 4.69) is 0 Å². The van der Waals surface area contributed by atoms with Gasteiger partial charge in [-0.3, -0.25) is 19.7 Å². The first-order valence-electron chi connectivity index (χ1n) is 8.75. The standard InChI is InChI=1S/C20H19N3O6/c1-3-28-20(25)18(19(24)13-6-8-14(9-7-13)23(26)27)17(15(11-21)12(2)22)16-5-4-10-29-16/h4-10,15,17-18,22H,3H2,1-2H3/t15-,17-,18+/m1/s1. The molecule has 2 rings (SSSR count). The number of non-ortho nitro benzene ring substituents is 1. The van der Waals surface area contributed by atoms with Crippen LogP contribution >= 0.6 is 0 Å². The molecule has 1 N–H and O–H groups in total. The van der Waals surface area contributed by atoms with Crippen molar-refractivity contribution in [2.24, 2.45) is 11.8 Å². The van der Waals surface area contributed by atoms with E-state index in [4.69, 9.17) is 14.6 Å². The first-order valence-corrected chi connectivity index (χ1v) is 8.75. The van der Waals surface area contributed by atoms with Crippen LogP contribution in [0.25, 0.3) is 0 Å².